The molecule has 1 atom stereocenters. The number of carbonyl (C=O) groups excluding carboxylic acids is 1. The van der Waals surface area contributed by atoms with Crippen LogP contribution in [0.5, 0.6) is 0 Å². The van der Waals surface area contributed by atoms with Crippen LogP contribution in [0.2, 0.25) is 0 Å². The smallest absolute Gasteiger partial charge is 0.233 e. The van der Waals surface area contributed by atoms with Crippen LogP contribution in [-0.2, 0) is 11.3 Å². The molecule has 0 aromatic carbocycles. The Hall–Kier alpha value is -1.11. The van der Waals surface area contributed by atoms with Crippen molar-refractivity contribution in [1.29, 1.82) is 0 Å². The maximum absolute atomic E-state index is 11.9. The third kappa shape index (κ3) is 5.59. The van der Waals surface area contributed by atoms with Crippen LogP contribution in [0.25, 0.3) is 0 Å². The molecule has 0 fully saturated rings. The molecule has 0 spiro atoms. The normalized spacial score (nSPS) is 13.0. The van der Waals surface area contributed by atoms with E-state index in [2.05, 4.69) is 48.5 Å². The van der Waals surface area contributed by atoms with Gasteiger partial charge in [-0.1, -0.05) is 39.5 Å². The van der Waals surface area contributed by atoms with Crippen molar-refractivity contribution < 1.29 is 4.79 Å². The van der Waals surface area contributed by atoms with Gasteiger partial charge in [0.25, 0.3) is 0 Å². The molecule has 0 bridgehead atoms. The van der Waals surface area contributed by atoms with E-state index in [1.54, 1.807) is 4.68 Å². The summed E-state index contributed by atoms with van der Waals surface area (Å²) < 4.78 is 1.75. The molecule has 0 unspecified atom stereocenters. The highest BCUT2D eigenvalue weighted by molar-refractivity contribution is 8.00. The van der Waals surface area contributed by atoms with Crippen LogP contribution < -0.4 is 5.32 Å². The van der Waals surface area contributed by atoms with E-state index in [0.717, 1.165) is 6.54 Å². The second-order valence-electron chi connectivity index (χ2n) is 5.44. The molecule has 0 aliphatic rings. The van der Waals surface area contributed by atoms with Crippen LogP contribution >= 0.6 is 11.8 Å². The number of hydrogen-bond acceptors (Lipinski definition) is 5. The minimum Gasteiger partial charge on any atom is -0.355 e. The lowest BCUT2D eigenvalue weighted by atomic mass is 10.2. The lowest BCUT2D eigenvalue weighted by molar-refractivity contribution is -0.120. The maximum Gasteiger partial charge on any atom is 0.233 e. The summed E-state index contributed by atoms with van der Waals surface area (Å²) in [5, 5.41) is 15.0. The number of nitrogens with one attached hydrogen (secondary N) is 1. The first-order valence-corrected chi connectivity index (χ1v) is 7.48. The molecule has 1 N–H and O–H groups in total. The molecule has 0 aliphatic carbocycles. The number of rotatable bonds is 7. The molecule has 1 aromatic rings. The van der Waals surface area contributed by atoms with Crippen LogP contribution in [0.15, 0.2) is 5.16 Å². The van der Waals surface area contributed by atoms with Gasteiger partial charge in [-0.05, 0) is 29.2 Å². The van der Waals surface area contributed by atoms with Gasteiger partial charge in [0.1, 0.15) is 0 Å². The van der Waals surface area contributed by atoms with Crippen molar-refractivity contribution >= 4 is 17.7 Å². The molecule has 108 valence electrons. The van der Waals surface area contributed by atoms with Crippen LogP contribution in [0, 0.1) is 11.8 Å². The highest BCUT2D eigenvalue weighted by Crippen LogP contribution is 2.20. The maximum atomic E-state index is 11.9. The number of tetrazole rings is 1. The van der Waals surface area contributed by atoms with E-state index in [9.17, 15) is 4.79 Å². The van der Waals surface area contributed by atoms with Crippen LogP contribution in [0.4, 0.5) is 0 Å². The molecule has 1 rings (SSSR count). The topological polar surface area (TPSA) is 72.7 Å². The van der Waals surface area contributed by atoms with Gasteiger partial charge in [-0.3, -0.25) is 4.79 Å². The van der Waals surface area contributed by atoms with Gasteiger partial charge in [0, 0.05) is 13.1 Å². The molecular weight excluding hydrogens is 262 g/mol. The Bertz CT molecular complexity index is 405. The molecule has 0 radical (unpaired) electrons. The fourth-order valence-electron chi connectivity index (χ4n) is 1.40. The Morgan fingerprint density at radius 1 is 1.26 bits per heavy atom. The van der Waals surface area contributed by atoms with Crippen molar-refractivity contribution in [3.05, 3.63) is 0 Å². The second kappa shape index (κ2) is 7.47. The van der Waals surface area contributed by atoms with Gasteiger partial charge in [0.15, 0.2) is 0 Å². The summed E-state index contributed by atoms with van der Waals surface area (Å²) in [7, 11) is 0. The molecule has 1 aromatic heterocycles. The number of hydrogen-bond donors (Lipinski definition) is 1. The van der Waals surface area contributed by atoms with Crippen molar-refractivity contribution in [2.45, 2.75) is 51.6 Å². The molecule has 0 saturated carbocycles. The van der Waals surface area contributed by atoms with Crippen molar-refractivity contribution in [3.8, 4) is 0 Å². The molecule has 1 heterocycles. The number of aromatic nitrogens is 4. The van der Waals surface area contributed by atoms with Gasteiger partial charge in [-0.25, -0.2) is 4.68 Å². The van der Waals surface area contributed by atoms with Crippen LogP contribution in [0.3, 0.4) is 0 Å². The average Bonchev–Trinajstić information content (AvgIpc) is 2.72. The molecule has 19 heavy (non-hydrogen) atoms. The predicted octanol–water partition coefficient (Wildman–Crippen LogP) is 1.58. The molecular formula is C12H23N5OS. The number of carbonyl (C=O) groups is 1. The number of nitrogens with zero attached hydrogens (tertiary/aromatic N) is 4. The Morgan fingerprint density at radius 3 is 2.53 bits per heavy atom. The molecule has 1 amide bonds. The first kappa shape index (κ1) is 15.9. The lowest BCUT2D eigenvalue weighted by Crippen LogP contribution is -2.33. The standard InChI is InChI=1S/C12H23N5OS/c1-8(2)6-13-11(18)10(5)19-12-14-15-16-17(12)7-9(3)4/h8-10H,6-7H2,1-5H3,(H,13,18)/t10-/m1/s1. The number of thioether (sulfide) groups is 1. The van der Waals surface area contributed by atoms with E-state index in [0.29, 0.717) is 23.5 Å². The second-order valence-corrected chi connectivity index (χ2v) is 6.74. The highest BCUT2D eigenvalue weighted by Gasteiger charge is 2.18. The Morgan fingerprint density at radius 2 is 1.95 bits per heavy atom. The quantitative estimate of drug-likeness (QED) is 0.770. The van der Waals surface area contributed by atoms with Crippen LogP contribution in [0.1, 0.15) is 34.6 Å². The summed E-state index contributed by atoms with van der Waals surface area (Å²) in [4.78, 5) is 11.9. The fraction of sp³-hybridized carbons (Fsp3) is 0.833. The van der Waals surface area contributed by atoms with Gasteiger partial charge in [-0.2, -0.15) is 0 Å². The minimum absolute atomic E-state index is 0.0257. The van der Waals surface area contributed by atoms with E-state index in [-0.39, 0.29) is 11.2 Å². The van der Waals surface area contributed by atoms with Crippen molar-refractivity contribution in [3.63, 3.8) is 0 Å². The average molecular weight is 285 g/mol. The first-order valence-electron chi connectivity index (χ1n) is 6.60. The van der Waals surface area contributed by atoms with Crippen molar-refractivity contribution in [2.24, 2.45) is 11.8 Å². The third-order valence-electron chi connectivity index (χ3n) is 2.37. The summed E-state index contributed by atoms with van der Waals surface area (Å²) in [6.07, 6.45) is 0. The Balaban J connectivity index is 2.54. The van der Waals surface area contributed by atoms with E-state index >= 15 is 0 Å². The van der Waals surface area contributed by atoms with E-state index in [1.807, 2.05) is 6.92 Å². The van der Waals surface area contributed by atoms with Gasteiger partial charge in [-0.15, -0.1) is 5.10 Å². The van der Waals surface area contributed by atoms with E-state index in [4.69, 9.17) is 0 Å². The minimum atomic E-state index is -0.198. The van der Waals surface area contributed by atoms with Gasteiger partial charge >= 0.3 is 0 Å². The van der Waals surface area contributed by atoms with E-state index in [1.165, 1.54) is 11.8 Å². The summed E-state index contributed by atoms with van der Waals surface area (Å²) >= 11 is 1.39. The zero-order valence-electron chi connectivity index (χ0n) is 12.3. The summed E-state index contributed by atoms with van der Waals surface area (Å²) in [5.74, 6) is 0.943. The van der Waals surface area contributed by atoms with E-state index < -0.39 is 0 Å². The summed E-state index contributed by atoms with van der Waals surface area (Å²) in [5.41, 5.74) is 0. The zero-order valence-corrected chi connectivity index (χ0v) is 13.1. The Labute approximate surface area is 118 Å². The predicted molar refractivity (Wildman–Crippen MR) is 75.8 cm³/mol. The molecule has 7 heteroatoms. The van der Waals surface area contributed by atoms with Gasteiger partial charge in [0.2, 0.25) is 11.1 Å². The Kier molecular flexibility index (Phi) is 6.27. The van der Waals surface area contributed by atoms with Crippen molar-refractivity contribution in [1.82, 2.24) is 25.5 Å². The first-order chi connectivity index (χ1) is 8.90. The largest absolute Gasteiger partial charge is 0.355 e. The van der Waals surface area contributed by atoms with Gasteiger partial charge < -0.3 is 5.32 Å². The lowest BCUT2D eigenvalue weighted by Gasteiger charge is -2.13. The van der Waals surface area contributed by atoms with Crippen LogP contribution in [-0.4, -0.2) is 37.9 Å². The SMILES string of the molecule is CC(C)CNC(=O)[C@@H](C)Sc1nnnn1CC(C)C. The molecule has 0 saturated heterocycles. The highest BCUT2D eigenvalue weighted by atomic mass is 32.2. The van der Waals surface area contributed by atoms with Gasteiger partial charge in [0.05, 0.1) is 5.25 Å². The molecule has 0 aliphatic heterocycles. The third-order valence-corrected chi connectivity index (χ3v) is 3.44. The fourth-order valence-corrected chi connectivity index (χ4v) is 2.22. The molecule has 6 nitrogen and oxygen atoms in total. The summed E-state index contributed by atoms with van der Waals surface area (Å²) in [6, 6.07) is 0. The monoisotopic (exact) mass is 285 g/mol. The number of amides is 1. The summed E-state index contributed by atoms with van der Waals surface area (Å²) in [6.45, 7) is 11.7. The zero-order chi connectivity index (χ0) is 14.4. The van der Waals surface area contributed by atoms with Crippen molar-refractivity contribution in [2.75, 3.05) is 6.54 Å².